The first-order chi connectivity index (χ1) is 11.7. The minimum Gasteiger partial charge on any atom is -0.450 e. The molecule has 0 fully saturated rings. The molecule has 0 amide bonds. The van der Waals surface area contributed by atoms with Gasteiger partial charge in [-0.3, -0.25) is 0 Å². The van der Waals surface area contributed by atoms with Crippen molar-refractivity contribution in [3.8, 4) is 0 Å². The van der Waals surface area contributed by atoms with Crippen LogP contribution < -0.4 is 5.32 Å². The molecule has 0 atom stereocenters. The van der Waals surface area contributed by atoms with E-state index in [0.717, 1.165) is 17.5 Å². The lowest BCUT2D eigenvalue weighted by molar-refractivity contribution is -0.143. The van der Waals surface area contributed by atoms with Crippen LogP contribution in [0.1, 0.15) is 19.4 Å². The Bertz CT molecular complexity index is 943. The van der Waals surface area contributed by atoms with Crippen LogP contribution in [0.2, 0.25) is 0 Å². The molecule has 0 bridgehead atoms. The molecule has 1 aliphatic heterocycles. The van der Waals surface area contributed by atoms with E-state index in [2.05, 4.69) is 5.32 Å². The molecule has 1 heterocycles. The molecule has 0 unspecified atom stereocenters. The van der Waals surface area contributed by atoms with Crippen molar-refractivity contribution in [2.75, 3.05) is 11.6 Å². The Labute approximate surface area is 147 Å². The van der Waals surface area contributed by atoms with Crippen molar-refractivity contribution in [1.29, 1.82) is 0 Å². The molecule has 0 aliphatic carbocycles. The normalized spacial score (nSPS) is 16.7. The van der Waals surface area contributed by atoms with Crippen LogP contribution in [-0.4, -0.2) is 26.2 Å². The van der Waals surface area contributed by atoms with Gasteiger partial charge in [0, 0.05) is 17.5 Å². The van der Waals surface area contributed by atoms with Gasteiger partial charge in [-0.25, -0.2) is 13.2 Å². The molecule has 0 aromatic heterocycles. The van der Waals surface area contributed by atoms with Gasteiger partial charge >= 0.3 is 5.97 Å². The highest BCUT2D eigenvalue weighted by molar-refractivity contribution is 7.90. The van der Waals surface area contributed by atoms with Crippen LogP contribution in [-0.2, 0) is 19.4 Å². The fourth-order valence-electron chi connectivity index (χ4n) is 2.88. The van der Waals surface area contributed by atoms with Crippen LogP contribution in [0.3, 0.4) is 0 Å². The molecule has 0 radical (unpaired) electrons. The van der Waals surface area contributed by atoms with E-state index in [-0.39, 0.29) is 4.90 Å². The standard InChI is InChI=1S/C19H19NO4S/c1-19(2)16(13-9-11-15(12-10-13)25(3,22)23)17(18(21)24-19)20-14-7-5-4-6-8-14/h4-12,20H,1-3H3. The summed E-state index contributed by atoms with van der Waals surface area (Å²) >= 11 is 0. The van der Waals surface area contributed by atoms with E-state index in [9.17, 15) is 13.2 Å². The Balaban J connectivity index is 2.09. The summed E-state index contributed by atoms with van der Waals surface area (Å²) in [6.45, 7) is 3.62. The predicted molar refractivity (Wildman–Crippen MR) is 96.7 cm³/mol. The summed E-state index contributed by atoms with van der Waals surface area (Å²) < 4.78 is 28.8. The molecular weight excluding hydrogens is 338 g/mol. The van der Waals surface area contributed by atoms with Crippen molar-refractivity contribution < 1.29 is 17.9 Å². The van der Waals surface area contributed by atoms with E-state index in [1.54, 1.807) is 12.1 Å². The number of cyclic esters (lactones) is 1. The summed E-state index contributed by atoms with van der Waals surface area (Å²) in [6, 6.07) is 15.8. The van der Waals surface area contributed by atoms with Crippen molar-refractivity contribution in [2.45, 2.75) is 24.3 Å². The number of carbonyl (C=O) groups excluding carboxylic acids is 1. The number of sulfone groups is 1. The third-order valence-electron chi connectivity index (χ3n) is 4.02. The van der Waals surface area contributed by atoms with Crippen molar-refractivity contribution in [1.82, 2.24) is 0 Å². The summed E-state index contributed by atoms with van der Waals surface area (Å²) in [6.07, 6.45) is 1.16. The quantitative estimate of drug-likeness (QED) is 0.851. The first-order valence-electron chi connectivity index (χ1n) is 7.79. The lowest BCUT2D eigenvalue weighted by Crippen LogP contribution is -2.22. The molecule has 0 spiro atoms. The van der Waals surface area contributed by atoms with Gasteiger partial charge in [-0.1, -0.05) is 30.3 Å². The first kappa shape index (κ1) is 17.2. The number of hydrogen-bond donors (Lipinski definition) is 1. The smallest absolute Gasteiger partial charge is 0.356 e. The van der Waals surface area contributed by atoms with Gasteiger partial charge < -0.3 is 10.1 Å². The number of esters is 1. The fourth-order valence-corrected chi connectivity index (χ4v) is 3.51. The van der Waals surface area contributed by atoms with E-state index in [4.69, 9.17) is 4.74 Å². The van der Waals surface area contributed by atoms with Crippen molar-refractivity contribution >= 4 is 27.1 Å². The molecule has 2 aromatic carbocycles. The third kappa shape index (κ3) is 3.44. The summed E-state index contributed by atoms with van der Waals surface area (Å²) in [4.78, 5) is 12.6. The van der Waals surface area contributed by atoms with Crippen LogP contribution in [0.5, 0.6) is 0 Å². The minimum absolute atomic E-state index is 0.234. The average molecular weight is 357 g/mol. The van der Waals surface area contributed by atoms with Crippen molar-refractivity contribution in [3.05, 3.63) is 65.9 Å². The molecule has 0 saturated heterocycles. The molecule has 5 nitrogen and oxygen atoms in total. The fraction of sp³-hybridized carbons (Fsp3) is 0.211. The maximum absolute atomic E-state index is 12.4. The molecule has 1 N–H and O–H groups in total. The number of para-hydroxylation sites is 1. The molecule has 3 rings (SSSR count). The van der Waals surface area contributed by atoms with Crippen molar-refractivity contribution in [3.63, 3.8) is 0 Å². The van der Waals surface area contributed by atoms with E-state index >= 15 is 0 Å². The second-order valence-corrected chi connectivity index (χ2v) is 8.45. The Kier molecular flexibility index (Phi) is 4.16. The summed E-state index contributed by atoms with van der Waals surface area (Å²) in [5, 5.41) is 3.13. The van der Waals surface area contributed by atoms with Gasteiger partial charge in [-0.2, -0.15) is 0 Å². The van der Waals surface area contributed by atoms with Gasteiger partial charge in [0.05, 0.1) is 4.90 Å². The summed E-state index contributed by atoms with van der Waals surface area (Å²) in [5.74, 6) is -0.434. The third-order valence-corrected chi connectivity index (χ3v) is 5.15. The molecule has 2 aromatic rings. The zero-order valence-electron chi connectivity index (χ0n) is 14.2. The van der Waals surface area contributed by atoms with Gasteiger partial charge in [0.25, 0.3) is 0 Å². The number of benzene rings is 2. The van der Waals surface area contributed by atoms with E-state index < -0.39 is 21.4 Å². The maximum Gasteiger partial charge on any atom is 0.356 e. The Morgan fingerprint density at radius 3 is 2.12 bits per heavy atom. The molecule has 6 heteroatoms. The van der Waals surface area contributed by atoms with Gasteiger partial charge in [0.2, 0.25) is 0 Å². The van der Waals surface area contributed by atoms with Crippen LogP contribution in [0.15, 0.2) is 65.2 Å². The second kappa shape index (κ2) is 6.04. The highest BCUT2D eigenvalue weighted by atomic mass is 32.2. The van der Waals surface area contributed by atoms with E-state index in [1.165, 1.54) is 12.1 Å². The van der Waals surface area contributed by atoms with E-state index in [1.807, 2.05) is 44.2 Å². The number of anilines is 1. The highest BCUT2D eigenvalue weighted by Crippen LogP contribution is 2.40. The Morgan fingerprint density at radius 1 is 0.960 bits per heavy atom. The number of carbonyl (C=O) groups is 1. The van der Waals surface area contributed by atoms with Crippen LogP contribution in [0.25, 0.3) is 5.57 Å². The van der Waals surface area contributed by atoms with Gasteiger partial charge in [-0.15, -0.1) is 0 Å². The number of hydrogen-bond acceptors (Lipinski definition) is 5. The largest absolute Gasteiger partial charge is 0.450 e. The van der Waals surface area contributed by atoms with Gasteiger partial charge in [0.15, 0.2) is 9.84 Å². The van der Waals surface area contributed by atoms with Crippen LogP contribution in [0.4, 0.5) is 5.69 Å². The predicted octanol–water partition coefficient (Wildman–Crippen LogP) is 3.25. The zero-order valence-corrected chi connectivity index (χ0v) is 15.1. The molecule has 1 aliphatic rings. The maximum atomic E-state index is 12.4. The Morgan fingerprint density at radius 2 is 1.56 bits per heavy atom. The number of nitrogens with one attached hydrogen (secondary N) is 1. The first-order valence-corrected chi connectivity index (χ1v) is 9.68. The number of ether oxygens (including phenoxy) is 1. The van der Waals surface area contributed by atoms with Crippen molar-refractivity contribution in [2.24, 2.45) is 0 Å². The molecular formula is C19H19NO4S. The lowest BCUT2D eigenvalue weighted by atomic mass is 9.91. The molecule has 130 valence electrons. The topological polar surface area (TPSA) is 72.5 Å². The molecule has 25 heavy (non-hydrogen) atoms. The van der Waals surface area contributed by atoms with Crippen LogP contribution >= 0.6 is 0 Å². The van der Waals surface area contributed by atoms with Gasteiger partial charge in [0.1, 0.15) is 11.3 Å². The summed E-state index contributed by atoms with van der Waals surface area (Å²) in [7, 11) is -3.27. The summed E-state index contributed by atoms with van der Waals surface area (Å²) in [5.41, 5.74) is 1.75. The zero-order chi connectivity index (χ0) is 18.2. The van der Waals surface area contributed by atoms with E-state index in [0.29, 0.717) is 11.3 Å². The van der Waals surface area contributed by atoms with Crippen LogP contribution in [0, 0.1) is 0 Å². The minimum atomic E-state index is -3.27. The highest BCUT2D eigenvalue weighted by Gasteiger charge is 2.41. The Hall–Kier alpha value is -2.60. The monoisotopic (exact) mass is 357 g/mol. The second-order valence-electron chi connectivity index (χ2n) is 6.44. The number of rotatable bonds is 4. The SMILES string of the molecule is CC1(C)OC(=O)C(Nc2ccccc2)=C1c1ccc(S(C)(=O)=O)cc1. The lowest BCUT2D eigenvalue weighted by Gasteiger charge is -2.21. The molecule has 0 saturated carbocycles. The average Bonchev–Trinajstić information content (AvgIpc) is 2.76. The van der Waals surface area contributed by atoms with Gasteiger partial charge in [-0.05, 0) is 43.7 Å².